The normalized spacial score (nSPS) is 13.5. The van der Waals surface area contributed by atoms with Gasteiger partial charge in [-0.1, -0.05) is 30.3 Å². The van der Waals surface area contributed by atoms with Crippen LogP contribution >= 0.6 is 0 Å². The first-order chi connectivity index (χ1) is 8.91. The number of carbonyl (C=O) groups is 3. The molecule has 0 radical (unpaired) electrons. The van der Waals surface area contributed by atoms with Gasteiger partial charge in [0.2, 0.25) is 5.91 Å². The first kappa shape index (κ1) is 14.8. The van der Waals surface area contributed by atoms with E-state index < -0.39 is 29.6 Å². The smallest absolute Gasteiger partial charge is 0.321 e. The van der Waals surface area contributed by atoms with Crippen molar-refractivity contribution in [2.45, 2.75) is 18.9 Å². The quantitative estimate of drug-likeness (QED) is 0.624. The molecule has 2 unspecified atom stereocenters. The second-order valence-corrected chi connectivity index (χ2v) is 4.27. The van der Waals surface area contributed by atoms with Gasteiger partial charge in [-0.25, -0.2) is 0 Å². The number of Topliss-reactive ketones (excluding diaryl/α,β-unsaturated/α-hetero) is 1. The van der Waals surface area contributed by atoms with Gasteiger partial charge in [-0.2, -0.15) is 0 Å². The van der Waals surface area contributed by atoms with Crippen LogP contribution < -0.4 is 11.5 Å². The number of carboxylic acid groups (broad SMARTS) is 1. The molecule has 0 aliphatic carbocycles. The number of hydrogen-bond acceptors (Lipinski definition) is 4. The molecule has 1 amide bonds. The van der Waals surface area contributed by atoms with Crippen LogP contribution in [0.2, 0.25) is 0 Å². The van der Waals surface area contributed by atoms with Crippen LogP contribution in [0.5, 0.6) is 0 Å². The second-order valence-electron chi connectivity index (χ2n) is 4.27. The standard InChI is InChI=1S/C13H16N2O4/c14-11(17)7-9(12(15)13(18)19)10(16)6-8-4-2-1-3-5-8/h1-5,9,12H,6-7,15H2,(H2,14,17)(H,18,19). The molecule has 0 spiro atoms. The maximum atomic E-state index is 12.0. The van der Waals surface area contributed by atoms with E-state index in [0.717, 1.165) is 5.56 Å². The molecule has 19 heavy (non-hydrogen) atoms. The van der Waals surface area contributed by atoms with Crippen molar-refractivity contribution in [3.63, 3.8) is 0 Å². The fourth-order valence-electron chi connectivity index (χ4n) is 1.76. The van der Waals surface area contributed by atoms with Gasteiger partial charge in [0.05, 0.1) is 5.92 Å². The first-order valence-corrected chi connectivity index (χ1v) is 5.75. The van der Waals surface area contributed by atoms with E-state index in [1.807, 2.05) is 0 Å². The maximum absolute atomic E-state index is 12.0. The van der Waals surface area contributed by atoms with Crippen molar-refractivity contribution < 1.29 is 19.5 Å². The van der Waals surface area contributed by atoms with E-state index in [0.29, 0.717) is 0 Å². The molecular weight excluding hydrogens is 248 g/mol. The SMILES string of the molecule is NC(=O)CC(C(=O)Cc1ccccc1)C(N)C(=O)O. The van der Waals surface area contributed by atoms with Gasteiger partial charge in [0.15, 0.2) is 0 Å². The summed E-state index contributed by atoms with van der Waals surface area (Å²) in [5.74, 6) is -3.58. The van der Waals surface area contributed by atoms with Crippen molar-refractivity contribution in [3.05, 3.63) is 35.9 Å². The molecule has 2 atom stereocenters. The third-order valence-corrected chi connectivity index (χ3v) is 2.77. The zero-order valence-electron chi connectivity index (χ0n) is 10.3. The Balaban J connectivity index is 2.82. The minimum Gasteiger partial charge on any atom is -0.480 e. The third kappa shape index (κ3) is 4.51. The highest BCUT2D eigenvalue weighted by molar-refractivity contribution is 5.92. The van der Waals surface area contributed by atoms with E-state index in [1.165, 1.54) is 0 Å². The molecule has 0 saturated heterocycles. The molecule has 1 aromatic carbocycles. The molecule has 1 aromatic rings. The van der Waals surface area contributed by atoms with E-state index in [1.54, 1.807) is 30.3 Å². The third-order valence-electron chi connectivity index (χ3n) is 2.77. The number of nitrogens with two attached hydrogens (primary N) is 2. The summed E-state index contributed by atoms with van der Waals surface area (Å²) >= 11 is 0. The lowest BCUT2D eigenvalue weighted by atomic mass is 9.88. The summed E-state index contributed by atoms with van der Waals surface area (Å²) in [6.45, 7) is 0. The molecule has 6 nitrogen and oxygen atoms in total. The Labute approximate surface area is 110 Å². The summed E-state index contributed by atoms with van der Waals surface area (Å²) in [5, 5.41) is 8.85. The van der Waals surface area contributed by atoms with Gasteiger partial charge in [0.25, 0.3) is 0 Å². The largest absolute Gasteiger partial charge is 0.480 e. The molecule has 5 N–H and O–H groups in total. The number of amides is 1. The molecule has 0 aliphatic heterocycles. The van der Waals surface area contributed by atoms with Crippen molar-refractivity contribution in [1.82, 2.24) is 0 Å². The first-order valence-electron chi connectivity index (χ1n) is 5.75. The van der Waals surface area contributed by atoms with Gasteiger partial charge in [-0.15, -0.1) is 0 Å². The van der Waals surface area contributed by atoms with Crippen LogP contribution in [0.3, 0.4) is 0 Å². The molecular formula is C13H16N2O4. The summed E-state index contributed by atoms with van der Waals surface area (Å²) in [4.78, 5) is 33.8. The van der Waals surface area contributed by atoms with E-state index in [9.17, 15) is 14.4 Å². The topological polar surface area (TPSA) is 123 Å². The fraction of sp³-hybridized carbons (Fsp3) is 0.308. The average molecular weight is 264 g/mol. The predicted molar refractivity (Wildman–Crippen MR) is 68.1 cm³/mol. The van der Waals surface area contributed by atoms with Gasteiger partial charge in [0.1, 0.15) is 11.8 Å². The number of hydrogen-bond donors (Lipinski definition) is 3. The Bertz CT molecular complexity index is 473. The Kier molecular flexibility index (Phi) is 5.20. The van der Waals surface area contributed by atoms with Crippen LogP contribution in [-0.2, 0) is 20.8 Å². The van der Waals surface area contributed by atoms with Crippen molar-refractivity contribution >= 4 is 17.7 Å². The summed E-state index contributed by atoms with van der Waals surface area (Å²) < 4.78 is 0. The van der Waals surface area contributed by atoms with Crippen LogP contribution in [0.4, 0.5) is 0 Å². The lowest BCUT2D eigenvalue weighted by Crippen LogP contribution is -2.44. The summed E-state index contributed by atoms with van der Waals surface area (Å²) in [6.07, 6.45) is -0.334. The van der Waals surface area contributed by atoms with E-state index in [-0.39, 0.29) is 12.8 Å². The predicted octanol–water partition coefficient (Wildman–Crippen LogP) is -0.298. The minimum atomic E-state index is -1.43. The molecule has 0 aromatic heterocycles. The zero-order chi connectivity index (χ0) is 14.4. The monoisotopic (exact) mass is 264 g/mol. The maximum Gasteiger partial charge on any atom is 0.321 e. The molecule has 0 aliphatic rings. The molecule has 0 saturated carbocycles. The minimum absolute atomic E-state index is 0.0275. The van der Waals surface area contributed by atoms with E-state index >= 15 is 0 Å². The highest BCUT2D eigenvalue weighted by Crippen LogP contribution is 2.13. The molecule has 0 heterocycles. The van der Waals surface area contributed by atoms with E-state index in [4.69, 9.17) is 16.6 Å². The number of aliphatic carboxylic acids is 1. The Morgan fingerprint density at radius 2 is 1.74 bits per heavy atom. The van der Waals surface area contributed by atoms with Crippen molar-refractivity contribution in [2.75, 3.05) is 0 Å². The Morgan fingerprint density at radius 1 is 1.16 bits per heavy atom. The van der Waals surface area contributed by atoms with Crippen LogP contribution in [0.1, 0.15) is 12.0 Å². The van der Waals surface area contributed by atoms with Crippen LogP contribution in [0.25, 0.3) is 0 Å². The van der Waals surface area contributed by atoms with Crippen molar-refractivity contribution in [3.8, 4) is 0 Å². The number of primary amides is 1. The number of carbonyl (C=O) groups excluding carboxylic acids is 2. The number of ketones is 1. The lowest BCUT2D eigenvalue weighted by Gasteiger charge is -2.18. The Morgan fingerprint density at radius 3 is 2.21 bits per heavy atom. The van der Waals surface area contributed by atoms with E-state index in [2.05, 4.69) is 0 Å². The molecule has 102 valence electrons. The second kappa shape index (κ2) is 6.65. The van der Waals surface area contributed by atoms with Crippen LogP contribution in [-0.4, -0.2) is 28.8 Å². The summed E-state index contributed by atoms with van der Waals surface area (Å²) in [6, 6.07) is 7.39. The molecule has 6 heteroatoms. The highest BCUT2D eigenvalue weighted by Gasteiger charge is 2.31. The molecule has 1 rings (SSSR count). The average Bonchev–Trinajstić information content (AvgIpc) is 2.35. The van der Waals surface area contributed by atoms with Gasteiger partial charge in [-0.05, 0) is 5.56 Å². The number of rotatable bonds is 7. The summed E-state index contributed by atoms with van der Waals surface area (Å²) in [7, 11) is 0. The van der Waals surface area contributed by atoms with Gasteiger partial charge in [-0.3, -0.25) is 14.4 Å². The van der Waals surface area contributed by atoms with Crippen LogP contribution in [0.15, 0.2) is 30.3 Å². The Hall–Kier alpha value is -2.21. The fourth-order valence-corrected chi connectivity index (χ4v) is 1.76. The van der Waals surface area contributed by atoms with Crippen LogP contribution in [0, 0.1) is 5.92 Å². The molecule has 0 fully saturated rings. The number of benzene rings is 1. The molecule has 0 bridgehead atoms. The highest BCUT2D eigenvalue weighted by atomic mass is 16.4. The summed E-state index contributed by atoms with van der Waals surface area (Å²) in [5.41, 5.74) is 11.2. The van der Waals surface area contributed by atoms with Crippen molar-refractivity contribution in [1.29, 1.82) is 0 Å². The van der Waals surface area contributed by atoms with Gasteiger partial charge in [0, 0.05) is 12.8 Å². The van der Waals surface area contributed by atoms with Gasteiger partial charge < -0.3 is 16.6 Å². The zero-order valence-corrected chi connectivity index (χ0v) is 10.3. The number of carboxylic acids is 1. The lowest BCUT2D eigenvalue weighted by molar-refractivity contribution is -0.143. The van der Waals surface area contributed by atoms with Crippen molar-refractivity contribution in [2.24, 2.45) is 17.4 Å². The van der Waals surface area contributed by atoms with Gasteiger partial charge >= 0.3 is 5.97 Å².